The van der Waals surface area contributed by atoms with E-state index in [0.717, 1.165) is 37.8 Å². The topological polar surface area (TPSA) is 21.1 Å². The summed E-state index contributed by atoms with van der Waals surface area (Å²) >= 11 is 0. The van der Waals surface area contributed by atoms with E-state index in [4.69, 9.17) is 0 Å². The first-order chi connectivity index (χ1) is 10.8. The van der Waals surface area contributed by atoms with Gasteiger partial charge in [0.2, 0.25) is 0 Å². The van der Waals surface area contributed by atoms with Crippen molar-refractivity contribution in [2.75, 3.05) is 20.1 Å². The van der Waals surface area contributed by atoms with Crippen LogP contribution in [0, 0.1) is 0 Å². The smallest absolute Gasteiger partial charge is 0.337 e. The van der Waals surface area contributed by atoms with Crippen LogP contribution < -0.4 is 0 Å². The molecule has 0 saturated carbocycles. The van der Waals surface area contributed by atoms with E-state index in [1.54, 1.807) is 6.07 Å². The Balaban J connectivity index is 1.89. The van der Waals surface area contributed by atoms with E-state index in [2.05, 4.69) is 16.9 Å². The van der Waals surface area contributed by atoms with Gasteiger partial charge in [-0.2, -0.15) is 13.2 Å². The molecule has 1 aliphatic rings. The van der Waals surface area contributed by atoms with Crippen LogP contribution in [0.25, 0.3) is 11.3 Å². The average molecular weight is 323 g/mol. The van der Waals surface area contributed by atoms with E-state index in [0.29, 0.717) is 17.2 Å². The summed E-state index contributed by atoms with van der Waals surface area (Å²) in [4.78, 5) is 6.91. The van der Waals surface area contributed by atoms with Crippen molar-refractivity contribution in [3.05, 3.63) is 41.9 Å². The second kappa shape index (κ2) is 6.00. The third-order valence-electron chi connectivity index (χ3n) is 4.48. The van der Waals surface area contributed by atoms with Crippen molar-refractivity contribution < 1.29 is 13.2 Å². The summed E-state index contributed by atoms with van der Waals surface area (Å²) in [6.07, 6.45) is -0.447. The fourth-order valence-electron chi connectivity index (χ4n) is 3.12. The molecular formula is C17H20F3N3. The SMILES string of the molecule is CN1CCC(c2nc(-c3cccc(C(F)(F)F)c3)cn2C)CC1. The van der Waals surface area contributed by atoms with Crippen LogP contribution in [0.5, 0.6) is 0 Å². The van der Waals surface area contributed by atoms with Crippen molar-refractivity contribution in [2.24, 2.45) is 7.05 Å². The molecule has 1 aromatic carbocycles. The van der Waals surface area contributed by atoms with Crippen LogP contribution in [0.2, 0.25) is 0 Å². The van der Waals surface area contributed by atoms with Gasteiger partial charge in [0.1, 0.15) is 5.82 Å². The summed E-state index contributed by atoms with van der Waals surface area (Å²) in [5.41, 5.74) is 0.476. The molecule has 2 aromatic rings. The van der Waals surface area contributed by atoms with Crippen molar-refractivity contribution >= 4 is 0 Å². The van der Waals surface area contributed by atoms with E-state index in [1.165, 1.54) is 12.1 Å². The number of likely N-dealkylation sites (tertiary alicyclic amines) is 1. The predicted octanol–water partition coefficient (Wildman–Crippen LogP) is 3.92. The number of hydrogen-bond acceptors (Lipinski definition) is 2. The second-order valence-electron chi connectivity index (χ2n) is 6.25. The molecule has 1 aliphatic heterocycles. The summed E-state index contributed by atoms with van der Waals surface area (Å²) in [6.45, 7) is 2.05. The zero-order valence-corrected chi connectivity index (χ0v) is 13.3. The maximum absolute atomic E-state index is 12.9. The summed E-state index contributed by atoms with van der Waals surface area (Å²) in [5, 5.41) is 0. The molecule has 0 unspecified atom stereocenters. The van der Waals surface area contributed by atoms with Gasteiger partial charge < -0.3 is 9.47 Å². The fourth-order valence-corrected chi connectivity index (χ4v) is 3.12. The van der Waals surface area contributed by atoms with E-state index in [1.807, 2.05) is 17.8 Å². The van der Waals surface area contributed by atoms with Crippen LogP contribution in [-0.2, 0) is 13.2 Å². The van der Waals surface area contributed by atoms with Crippen LogP contribution in [0.3, 0.4) is 0 Å². The highest BCUT2D eigenvalue weighted by Crippen LogP contribution is 2.33. The number of piperidine rings is 1. The molecule has 0 N–H and O–H groups in total. The Bertz CT molecular complexity index is 683. The van der Waals surface area contributed by atoms with Gasteiger partial charge in [-0.05, 0) is 45.1 Å². The number of rotatable bonds is 2. The summed E-state index contributed by atoms with van der Waals surface area (Å²) in [7, 11) is 4.01. The number of halogens is 3. The van der Waals surface area contributed by atoms with E-state index in [9.17, 15) is 13.2 Å². The van der Waals surface area contributed by atoms with Gasteiger partial charge in [0, 0.05) is 24.7 Å². The van der Waals surface area contributed by atoms with Crippen molar-refractivity contribution in [1.82, 2.24) is 14.5 Å². The zero-order valence-electron chi connectivity index (χ0n) is 13.3. The lowest BCUT2D eigenvalue weighted by Crippen LogP contribution is -2.30. The van der Waals surface area contributed by atoms with Gasteiger partial charge in [-0.25, -0.2) is 4.98 Å². The van der Waals surface area contributed by atoms with Gasteiger partial charge in [0.15, 0.2) is 0 Å². The van der Waals surface area contributed by atoms with Crippen molar-refractivity contribution in [3.8, 4) is 11.3 Å². The maximum atomic E-state index is 12.9. The Morgan fingerprint density at radius 2 is 1.83 bits per heavy atom. The van der Waals surface area contributed by atoms with E-state index in [-0.39, 0.29) is 0 Å². The van der Waals surface area contributed by atoms with Gasteiger partial charge in [-0.3, -0.25) is 0 Å². The Morgan fingerprint density at radius 3 is 2.48 bits per heavy atom. The first-order valence-electron chi connectivity index (χ1n) is 7.74. The molecule has 6 heteroatoms. The highest BCUT2D eigenvalue weighted by molar-refractivity contribution is 5.60. The van der Waals surface area contributed by atoms with Crippen molar-refractivity contribution in [3.63, 3.8) is 0 Å². The highest BCUT2D eigenvalue weighted by atomic mass is 19.4. The molecule has 0 atom stereocenters. The lowest BCUT2D eigenvalue weighted by Gasteiger charge is -2.28. The number of alkyl halides is 3. The lowest BCUT2D eigenvalue weighted by atomic mass is 9.96. The van der Waals surface area contributed by atoms with Gasteiger partial charge in [0.25, 0.3) is 0 Å². The number of aromatic nitrogens is 2. The molecule has 0 aliphatic carbocycles. The molecular weight excluding hydrogens is 303 g/mol. The molecule has 2 heterocycles. The van der Waals surface area contributed by atoms with Crippen molar-refractivity contribution in [1.29, 1.82) is 0 Å². The van der Waals surface area contributed by atoms with Gasteiger partial charge in [-0.1, -0.05) is 12.1 Å². The molecule has 124 valence electrons. The summed E-state index contributed by atoms with van der Waals surface area (Å²) in [5.74, 6) is 1.33. The largest absolute Gasteiger partial charge is 0.416 e. The maximum Gasteiger partial charge on any atom is 0.416 e. The average Bonchev–Trinajstić information content (AvgIpc) is 2.89. The zero-order chi connectivity index (χ0) is 16.6. The lowest BCUT2D eigenvalue weighted by molar-refractivity contribution is -0.137. The third-order valence-corrected chi connectivity index (χ3v) is 4.48. The van der Waals surface area contributed by atoms with Gasteiger partial charge in [-0.15, -0.1) is 0 Å². The number of aryl methyl sites for hydroxylation is 1. The standard InChI is InChI=1S/C17H20F3N3/c1-22-8-6-12(7-9-22)16-21-15(11-23(16)2)13-4-3-5-14(10-13)17(18,19)20/h3-5,10-12H,6-9H2,1-2H3. The molecule has 23 heavy (non-hydrogen) atoms. The number of benzene rings is 1. The number of hydrogen-bond donors (Lipinski definition) is 0. The Hall–Kier alpha value is -1.82. The van der Waals surface area contributed by atoms with Crippen LogP contribution in [-0.4, -0.2) is 34.6 Å². The summed E-state index contributed by atoms with van der Waals surface area (Å²) in [6, 6.07) is 5.36. The number of nitrogens with zero attached hydrogens (tertiary/aromatic N) is 3. The predicted molar refractivity (Wildman–Crippen MR) is 83.1 cm³/mol. The fraction of sp³-hybridized carbons (Fsp3) is 0.471. The molecule has 3 nitrogen and oxygen atoms in total. The Labute approximate surface area is 133 Å². The number of imidazole rings is 1. The van der Waals surface area contributed by atoms with Crippen LogP contribution >= 0.6 is 0 Å². The normalized spacial score (nSPS) is 17.6. The molecule has 0 bridgehead atoms. The molecule has 0 spiro atoms. The molecule has 3 rings (SSSR count). The highest BCUT2D eigenvalue weighted by Gasteiger charge is 2.31. The molecule has 1 fully saturated rings. The monoisotopic (exact) mass is 323 g/mol. The van der Waals surface area contributed by atoms with Crippen molar-refractivity contribution in [2.45, 2.75) is 24.9 Å². The summed E-state index contributed by atoms with van der Waals surface area (Å²) < 4.78 is 40.5. The molecule has 1 aromatic heterocycles. The first kappa shape index (κ1) is 16.1. The molecule has 0 amide bonds. The van der Waals surface area contributed by atoms with E-state index < -0.39 is 11.7 Å². The van der Waals surface area contributed by atoms with Crippen LogP contribution in [0.4, 0.5) is 13.2 Å². The quantitative estimate of drug-likeness (QED) is 0.835. The Morgan fingerprint density at radius 1 is 1.13 bits per heavy atom. The minimum Gasteiger partial charge on any atom is -0.337 e. The first-order valence-corrected chi connectivity index (χ1v) is 7.74. The van der Waals surface area contributed by atoms with Gasteiger partial charge in [0.05, 0.1) is 11.3 Å². The molecule has 0 radical (unpaired) electrons. The minimum absolute atomic E-state index is 0.371. The van der Waals surface area contributed by atoms with E-state index >= 15 is 0 Å². The third kappa shape index (κ3) is 3.42. The van der Waals surface area contributed by atoms with Gasteiger partial charge >= 0.3 is 6.18 Å². The second-order valence-corrected chi connectivity index (χ2v) is 6.25. The van der Waals surface area contributed by atoms with Crippen LogP contribution in [0.1, 0.15) is 30.1 Å². The molecule has 1 saturated heterocycles. The minimum atomic E-state index is -4.33. The Kier molecular flexibility index (Phi) is 4.19. The van der Waals surface area contributed by atoms with Crippen LogP contribution in [0.15, 0.2) is 30.5 Å².